The van der Waals surface area contributed by atoms with E-state index in [1.165, 1.54) is 12.1 Å². The van der Waals surface area contributed by atoms with E-state index in [1.807, 2.05) is 35.1 Å². The lowest BCUT2D eigenvalue weighted by molar-refractivity contribution is -0.128. The van der Waals surface area contributed by atoms with Crippen molar-refractivity contribution in [1.29, 1.82) is 0 Å². The molecule has 0 aromatic heterocycles. The van der Waals surface area contributed by atoms with Crippen molar-refractivity contribution < 1.29 is 27.9 Å². The molecule has 0 heterocycles. The summed E-state index contributed by atoms with van der Waals surface area (Å²) in [6.07, 6.45) is -0.993. The van der Waals surface area contributed by atoms with Crippen LogP contribution < -0.4 is 15.4 Å². The summed E-state index contributed by atoms with van der Waals surface area (Å²) in [5.41, 5.74) is 2.30. The van der Waals surface area contributed by atoms with E-state index in [4.69, 9.17) is 11.6 Å². The first kappa shape index (κ1) is 31.2. The number of hydrogen-bond donors (Lipinski definition) is 5. The molecule has 3 aromatic rings. The number of nitrogens with one attached hydrogen (secondary N) is 3. The van der Waals surface area contributed by atoms with Gasteiger partial charge in [-0.25, -0.2) is 13.1 Å². The molecule has 2 atom stereocenters. The zero-order chi connectivity index (χ0) is 29.3. The van der Waals surface area contributed by atoms with Gasteiger partial charge in [0, 0.05) is 28.4 Å². The van der Waals surface area contributed by atoms with Crippen molar-refractivity contribution >= 4 is 52.0 Å². The van der Waals surface area contributed by atoms with E-state index in [-0.39, 0.29) is 40.4 Å². The Labute approximate surface area is 243 Å². The molecular formula is C28H30ClN3O6S2. The van der Waals surface area contributed by atoms with Gasteiger partial charge < -0.3 is 15.7 Å². The lowest BCUT2D eigenvalue weighted by atomic mass is 10.0. The Kier molecular flexibility index (Phi) is 11.1. The van der Waals surface area contributed by atoms with Crippen LogP contribution in [-0.2, 0) is 37.4 Å². The van der Waals surface area contributed by atoms with E-state index < -0.39 is 27.9 Å². The molecule has 3 rings (SSSR count). The number of halogens is 1. The van der Waals surface area contributed by atoms with Crippen LogP contribution in [0.4, 0.5) is 0 Å². The fourth-order valence-electron chi connectivity index (χ4n) is 3.80. The maximum absolute atomic E-state index is 12.8. The molecule has 9 nitrogen and oxygen atoms in total. The Hall–Kier alpha value is -3.38. The summed E-state index contributed by atoms with van der Waals surface area (Å²) in [5, 5.41) is 15.0. The molecule has 3 aromatic carbocycles. The number of carbonyl (C=O) groups is 3. The fourth-order valence-corrected chi connectivity index (χ4v) is 5.67. The van der Waals surface area contributed by atoms with Crippen molar-refractivity contribution in [2.45, 2.75) is 30.9 Å². The van der Waals surface area contributed by atoms with Gasteiger partial charge in [-0.15, -0.1) is 0 Å². The highest BCUT2D eigenvalue weighted by atomic mass is 35.5. The van der Waals surface area contributed by atoms with Crippen LogP contribution in [0.2, 0.25) is 5.02 Å². The van der Waals surface area contributed by atoms with E-state index in [2.05, 4.69) is 23.3 Å². The molecular weight excluding hydrogens is 574 g/mol. The number of benzene rings is 3. The van der Waals surface area contributed by atoms with Crippen molar-refractivity contribution in [2.75, 3.05) is 12.3 Å². The van der Waals surface area contributed by atoms with E-state index in [9.17, 15) is 27.9 Å². The predicted molar refractivity (Wildman–Crippen MR) is 156 cm³/mol. The third-order valence-electron chi connectivity index (χ3n) is 5.94. The zero-order valence-electron chi connectivity index (χ0n) is 21.6. The van der Waals surface area contributed by atoms with Crippen LogP contribution in [-0.4, -0.2) is 49.6 Å². The first-order valence-electron chi connectivity index (χ1n) is 12.3. The summed E-state index contributed by atoms with van der Waals surface area (Å²) >= 11 is 10.7. The van der Waals surface area contributed by atoms with E-state index >= 15 is 0 Å². The van der Waals surface area contributed by atoms with Crippen molar-refractivity contribution in [3.05, 3.63) is 88.9 Å². The first-order valence-corrected chi connectivity index (χ1v) is 14.8. The number of rotatable bonds is 12. The third kappa shape index (κ3) is 8.56. The number of sulfonamides is 1. The molecule has 4 N–H and O–H groups in total. The minimum atomic E-state index is -4.29. The molecule has 12 heteroatoms. The van der Waals surface area contributed by atoms with Gasteiger partial charge in [-0.1, -0.05) is 72.3 Å². The van der Waals surface area contributed by atoms with Crippen LogP contribution in [0, 0.1) is 5.92 Å². The average Bonchev–Trinajstić information content (AvgIpc) is 2.93. The summed E-state index contributed by atoms with van der Waals surface area (Å²) < 4.78 is 27.4. The molecule has 0 bridgehead atoms. The minimum Gasteiger partial charge on any atom is -0.384 e. The summed E-state index contributed by atoms with van der Waals surface area (Å²) in [7, 11) is -4.29. The number of thiol groups is 1. The molecule has 0 aliphatic rings. The number of hydrogen-bond acceptors (Lipinski definition) is 7. The lowest BCUT2D eigenvalue weighted by Crippen LogP contribution is -2.40. The molecule has 212 valence electrons. The smallest absolute Gasteiger partial charge is 0.264 e. The second kappa shape index (κ2) is 14.3. The Morgan fingerprint density at radius 3 is 2.23 bits per heavy atom. The summed E-state index contributed by atoms with van der Waals surface area (Å²) in [5.74, 6) is -1.75. The molecule has 0 unspecified atom stereocenters. The summed E-state index contributed by atoms with van der Waals surface area (Å²) in [6.45, 7) is 1.08. The molecule has 3 amide bonds. The fraction of sp³-hybridized carbons (Fsp3) is 0.250. The normalized spacial score (nSPS) is 12.7. The Morgan fingerprint density at radius 1 is 0.900 bits per heavy atom. The number of aliphatic hydroxyl groups excluding tert-OH is 1. The van der Waals surface area contributed by atoms with Crippen LogP contribution in [0.1, 0.15) is 18.1 Å². The Balaban J connectivity index is 1.61. The predicted octanol–water partition coefficient (Wildman–Crippen LogP) is 2.71. The molecule has 0 spiro atoms. The van der Waals surface area contributed by atoms with Gasteiger partial charge in [0.2, 0.25) is 11.8 Å². The molecule has 0 aliphatic carbocycles. The highest BCUT2D eigenvalue weighted by Gasteiger charge is 2.24. The van der Waals surface area contributed by atoms with E-state index in [0.717, 1.165) is 12.5 Å². The Bertz CT molecular complexity index is 1470. The second-order valence-electron chi connectivity index (χ2n) is 9.02. The molecule has 0 saturated heterocycles. The van der Waals surface area contributed by atoms with Gasteiger partial charge in [-0.3, -0.25) is 14.4 Å². The van der Waals surface area contributed by atoms with Crippen molar-refractivity contribution in [3.63, 3.8) is 0 Å². The Morgan fingerprint density at radius 2 is 1.57 bits per heavy atom. The lowest BCUT2D eigenvalue weighted by Gasteiger charge is -2.15. The largest absolute Gasteiger partial charge is 0.384 e. The maximum Gasteiger partial charge on any atom is 0.264 e. The van der Waals surface area contributed by atoms with Gasteiger partial charge >= 0.3 is 0 Å². The standard InChI is InChI=1S/C28H30ClN3O6S2/c1-18(33)27(35)32-40(37,38)25-10-6-5-9-23(25)22-12-11-20(14-24(22)29)15-30-26(34)16-31-28(36)21(17-39)13-19-7-3-2-4-8-19/h2-12,14,18,21,33,39H,13,15-17H2,1H3,(H,30,34)(H,31,36)(H,32,35)/t18-,21+/m0/s1. The molecule has 0 fully saturated rings. The van der Waals surface area contributed by atoms with Crippen LogP contribution in [0.15, 0.2) is 77.7 Å². The molecule has 0 saturated carbocycles. The van der Waals surface area contributed by atoms with Gasteiger partial charge in [-0.05, 0) is 36.6 Å². The van der Waals surface area contributed by atoms with Gasteiger partial charge in [-0.2, -0.15) is 12.6 Å². The third-order valence-corrected chi connectivity index (χ3v) is 8.10. The van der Waals surface area contributed by atoms with Crippen molar-refractivity contribution in [3.8, 4) is 11.1 Å². The highest BCUT2D eigenvalue weighted by Crippen LogP contribution is 2.33. The van der Waals surface area contributed by atoms with Crippen LogP contribution >= 0.6 is 24.2 Å². The van der Waals surface area contributed by atoms with Gasteiger partial charge in [0.15, 0.2) is 0 Å². The topological polar surface area (TPSA) is 142 Å². The maximum atomic E-state index is 12.8. The monoisotopic (exact) mass is 603 g/mol. The van der Waals surface area contributed by atoms with Crippen LogP contribution in [0.3, 0.4) is 0 Å². The summed E-state index contributed by atoms with van der Waals surface area (Å²) in [4.78, 5) is 36.5. The van der Waals surface area contributed by atoms with Crippen LogP contribution in [0.25, 0.3) is 11.1 Å². The quantitative estimate of drug-likeness (QED) is 0.202. The average molecular weight is 604 g/mol. The van der Waals surface area contributed by atoms with Crippen LogP contribution in [0.5, 0.6) is 0 Å². The van der Waals surface area contributed by atoms with Crippen molar-refractivity contribution in [2.24, 2.45) is 5.92 Å². The highest BCUT2D eigenvalue weighted by molar-refractivity contribution is 7.90. The van der Waals surface area contributed by atoms with Gasteiger partial charge in [0.25, 0.3) is 15.9 Å². The minimum absolute atomic E-state index is 0.124. The number of amides is 3. The molecule has 0 aliphatic heterocycles. The van der Waals surface area contributed by atoms with E-state index in [1.54, 1.807) is 30.3 Å². The summed E-state index contributed by atoms with van der Waals surface area (Å²) in [6, 6.07) is 20.4. The number of aliphatic hydroxyl groups is 1. The second-order valence-corrected chi connectivity index (χ2v) is 11.4. The molecule has 0 radical (unpaired) electrons. The van der Waals surface area contributed by atoms with Crippen molar-refractivity contribution in [1.82, 2.24) is 15.4 Å². The SMILES string of the molecule is C[C@H](O)C(=O)NS(=O)(=O)c1ccccc1-c1ccc(CNC(=O)CNC(=O)[C@@H](CS)Cc2ccccc2)cc1Cl. The van der Waals surface area contributed by atoms with Gasteiger partial charge in [0.05, 0.1) is 17.4 Å². The van der Waals surface area contributed by atoms with E-state index in [0.29, 0.717) is 23.3 Å². The number of carbonyl (C=O) groups excluding carboxylic acids is 3. The molecule has 40 heavy (non-hydrogen) atoms. The zero-order valence-corrected chi connectivity index (χ0v) is 24.1. The first-order chi connectivity index (χ1) is 19.0. The van der Waals surface area contributed by atoms with Gasteiger partial charge in [0.1, 0.15) is 6.10 Å².